The van der Waals surface area contributed by atoms with Crippen molar-refractivity contribution in [2.45, 2.75) is 33.2 Å². The molecule has 0 saturated carbocycles. The topological polar surface area (TPSA) is 66.8 Å². The van der Waals surface area contributed by atoms with E-state index in [1.54, 1.807) is 33.1 Å². The fourth-order valence-electron chi connectivity index (χ4n) is 3.43. The third kappa shape index (κ3) is 3.40. The molecule has 5 heteroatoms. The SMILES string of the molecule is CCc1ccc(N2C(=O)C(O)=C(C(=O)C(C)C)C2c2ccc(OC)cc2)cc1. The zero-order valence-corrected chi connectivity index (χ0v) is 16.6. The van der Waals surface area contributed by atoms with Gasteiger partial charge in [-0.3, -0.25) is 14.5 Å². The molecular weight excluding hydrogens is 354 g/mol. The number of aryl methyl sites for hydroxylation is 1. The first kappa shape index (κ1) is 19.7. The predicted molar refractivity (Wildman–Crippen MR) is 109 cm³/mol. The highest BCUT2D eigenvalue weighted by atomic mass is 16.5. The van der Waals surface area contributed by atoms with E-state index in [-0.39, 0.29) is 17.3 Å². The molecule has 146 valence electrons. The monoisotopic (exact) mass is 379 g/mol. The number of benzene rings is 2. The fourth-order valence-corrected chi connectivity index (χ4v) is 3.43. The van der Waals surface area contributed by atoms with Crippen molar-refractivity contribution in [3.63, 3.8) is 0 Å². The Morgan fingerprint density at radius 1 is 1.11 bits per heavy atom. The molecule has 0 aromatic heterocycles. The number of rotatable bonds is 6. The molecule has 1 N–H and O–H groups in total. The van der Waals surface area contributed by atoms with Crippen molar-refractivity contribution >= 4 is 17.4 Å². The van der Waals surface area contributed by atoms with Gasteiger partial charge < -0.3 is 9.84 Å². The van der Waals surface area contributed by atoms with Crippen molar-refractivity contribution < 1.29 is 19.4 Å². The summed E-state index contributed by atoms with van der Waals surface area (Å²) in [6.45, 7) is 5.58. The highest BCUT2D eigenvalue weighted by molar-refractivity contribution is 6.16. The third-order valence-corrected chi connectivity index (χ3v) is 5.05. The number of carbonyl (C=O) groups excluding carboxylic acids is 2. The Morgan fingerprint density at radius 3 is 2.21 bits per heavy atom. The summed E-state index contributed by atoms with van der Waals surface area (Å²) >= 11 is 0. The minimum Gasteiger partial charge on any atom is -0.503 e. The number of nitrogens with zero attached hydrogens (tertiary/aromatic N) is 1. The maximum Gasteiger partial charge on any atom is 0.294 e. The van der Waals surface area contributed by atoms with E-state index in [1.807, 2.05) is 36.4 Å². The summed E-state index contributed by atoms with van der Waals surface area (Å²) in [5, 5.41) is 10.6. The van der Waals surface area contributed by atoms with Crippen LogP contribution in [0.5, 0.6) is 5.75 Å². The summed E-state index contributed by atoms with van der Waals surface area (Å²) in [5.41, 5.74) is 2.67. The van der Waals surface area contributed by atoms with Gasteiger partial charge in [-0.2, -0.15) is 0 Å². The van der Waals surface area contributed by atoms with Gasteiger partial charge in [-0.15, -0.1) is 0 Å². The second kappa shape index (κ2) is 7.89. The van der Waals surface area contributed by atoms with Crippen molar-refractivity contribution in [3.05, 3.63) is 71.0 Å². The largest absolute Gasteiger partial charge is 0.503 e. The molecule has 1 atom stereocenters. The van der Waals surface area contributed by atoms with Crippen molar-refractivity contribution in [2.24, 2.45) is 5.92 Å². The number of methoxy groups -OCH3 is 1. The van der Waals surface area contributed by atoms with Gasteiger partial charge in [0, 0.05) is 11.6 Å². The van der Waals surface area contributed by atoms with E-state index in [1.165, 1.54) is 4.90 Å². The first-order valence-corrected chi connectivity index (χ1v) is 9.42. The number of aliphatic hydroxyl groups is 1. The average Bonchev–Trinajstić information content (AvgIpc) is 2.98. The number of Topliss-reactive ketones (excluding diaryl/α,β-unsaturated/α-hetero) is 1. The van der Waals surface area contributed by atoms with Gasteiger partial charge in [0.1, 0.15) is 5.75 Å². The Kier molecular flexibility index (Phi) is 5.54. The summed E-state index contributed by atoms with van der Waals surface area (Å²) in [4.78, 5) is 27.3. The second-order valence-corrected chi connectivity index (χ2v) is 7.15. The van der Waals surface area contributed by atoms with Crippen LogP contribution in [0.15, 0.2) is 59.9 Å². The number of amides is 1. The fraction of sp³-hybridized carbons (Fsp3) is 0.304. The number of carbonyl (C=O) groups is 2. The Labute approximate surface area is 165 Å². The van der Waals surface area contributed by atoms with Crippen molar-refractivity contribution in [2.75, 3.05) is 12.0 Å². The van der Waals surface area contributed by atoms with E-state index in [0.29, 0.717) is 11.4 Å². The summed E-state index contributed by atoms with van der Waals surface area (Å²) in [5.74, 6) is -0.933. The predicted octanol–water partition coefficient (Wildman–Crippen LogP) is 4.38. The number of anilines is 1. The van der Waals surface area contributed by atoms with Crippen LogP contribution in [0.1, 0.15) is 37.9 Å². The lowest BCUT2D eigenvalue weighted by Gasteiger charge is -2.27. The zero-order valence-electron chi connectivity index (χ0n) is 16.6. The van der Waals surface area contributed by atoms with E-state index in [4.69, 9.17) is 4.74 Å². The van der Waals surface area contributed by atoms with Gasteiger partial charge in [0.05, 0.1) is 18.7 Å². The van der Waals surface area contributed by atoms with Crippen LogP contribution in [0.2, 0.25) is 0 Å². The maximum atomic E-state index is 12.9. The van der Waals surface area contributed by atoms with Crippen LogP contribution >= 0.6 is 0 Å². The van der Waals surface area contributed by atoms with Crippen LogP contribution in [-0.2, 0) is 16.0 Å². The molecule has 3 rings (SSSR count). The molecule has 0 radical (unpaired) electrons. The second-order valence-electron chi connectivity index (χ2n) is 7.15. The molecule has 0 bridgehead atoms. The minimum absolute atomic E-state index is 0.143. The van der Waals surface area contributed by atoms with Crippen LogP contribution in [0.25, 0.3) is 0 Å². The standard InChI is InChI=1S/C23H25NO4/c1-5-15-6-10-17(11-7-15)24-20(16-8-12-18(28-4)13-9-16)19(21(25)14(2)3)22(26)23(24)27/h6-14,20,26H,5H2,1-4H3. The van der Waals surface area contributed by atoms with E-state index >= 15 is 0 Å². The van der Waals surface area contributed by atoms with Crippen LogP contribution in [-0.4, -0.2) is 23.9 Å². The van der Waals surface area contributed by atoms with Crippen molar-refractivity contribution in [3.8, 4) is 5.75 Å². The number of aliphatic hydroxyl groups excluding tert-OH is 1. The lowest BCUT2D eigenvalue weighted by Crippen LogP contribution is -2.31. The maximum absolute atomic E-state index is 12.9. The minimum atomic E-state index is -0.680. The number of ether oxygens (including phenoxy) is 1. The Hall–Kier alpha value is -3.08. The van der Waals surface area contributed by atoms with E-state index in [9.17, 15) is 14.7 Å². The molecule has 0 spiro atoms. The average molecular weight is 379 g/mol. The first-order chi connectivity index (χ1) is 13.4. The highest BCUT2D eigenvalue weighted by Crippen LogP contribution is 2.42. The molecule has 1 heterocycles. The highest BCUT2D eigenvalue weighted by Gasteiger charge is 2.44. The molecule has 2 aromatic carbocycles. The summed E-state index contributed by atoms with van der Waals surface area (Å²) in [6.07, 6.45) is 0.886. The lowest BCUT2D eigenvalue weighted by atomic mass is 9.91. The third-order valence-electron chi connectivity index (χ3n) is 5.05. The molecule has 1 aliphatic rings. The molecule has 0 saturated heterocycles. The Bertz CT molecular complexity index is 911. The Balaban J connectivity index is 2.13. The molecule has 28 heavy (non-hydrogen) atoms. The molecular formula is C23H25NO4. The van der Waals surface area contributed by atoms with Crippen LogP contribution < -0.4 is 9.64 Å². The van der Waals surface area contributed by atoms with E-state index in [2.05, 4.69) is 6.92 Å². The van der Waals surface area contributed by atoms with E-state index < -0.39 is 17.7 Å². The zero-order chi connectivity index (χ0) is 20.4. The number of ketones is 1. The van der Waals surface area contributed by atoms with Gasteiger partial charge >= 0.3 is 0 Å². The molecule has 1 aliphatic heterocycles. The molecule has 1 amide bonds. The van der Waals surface area contributed by atoms with Gasteiger partial charge in [0.2, 0.25) is 0 Å². The van der Waals surface area contributed by atoms with Crippen LogP contribution in [0.4, 0.5) is 5.69 Å². The summed E-state index contributed by atoms with van der Waals surface area (Å²) < 4.78 is 5.21. The van der Waals surface area contributed by atoms with Crippen molar-refractivity contribution in [1.29, 1.82) is 0 Å². The first-order valence-electron chi connectivity index (χ1n) is 9.42. The van der Waals surface area contributed by atoms with Gasteiger partial charge in [-0.25, -0.2) is 0 Å². The molecule has 0 fully saturated rings. The number of hydrogen-bond acceptors (Lipinski definition) is 4. The summed E-state index contributed by atoms with van der Waals surface area (Å²) in [6, 6.07) is 14.1. The van der Waals surface area contributed by atoms with Crippen molar-refractivity contribution in [1.82, 2.24) is 0 Å². The van der Waals surface area contributed by atoms with Gasteiger partial charge in [0.15, 0.2) is 11.5 Å². The van der Waals surface area contributed by atoms with Gasteiger partial charge in [-0.05, 0) is 41.8 Å². The number of hydrogen-bond donors (Lipinski definition) is 1. The Morgan fingerprint density at radius 2 is 1.71 bits per heavy atom. The lowest BCUT2D eigenvalue weighted by molar-refractivity contribution is -0.119. The molecule has 1 unspecified atom stereocenters. The van der Waals surface area contributed by atoms with Gasteiger partial charge in [0.25, 0.3) is 5.91 Å². The van der Waals surface area contributed by atoms with Gasteiger partial charge in [-0.1, -0.05) is 45.0 Å². The quantitative estimate of drug-likeness (QED) is 0.809. The summed E-state index contributed by atoms with van der Waals surface area (Å²) in [7, 11) is 1.58. The normalized spacial score (nSPS) is 16.8. The van der Waals surface area contributed by atoms with E-state index in [0.717, 1.165) is 17.5 Å². The molecule has 2 aromatic rings. The smallest absolute Gasteiger partial charge is 0.294 e. The molecule has 0 aliphatic carbocycles. The van der Waals surface area contributed by atoms with Crippen LogP contribution in [0, 0.1) is 5.92 Å². The van der Waals surface area contributed by atoms with Crippen LogP contribution in [0.3, 0.4) is 0 Å². The molecule has 5 nitrogen and oxygen atoms in total.